The zero-order valence-corrected chi connectivity index (χ0v) is 21.7. The predicted molar refractivity (Wildman–Crippen MR) is 133 cm³/mol. The van der Waals surface area contributed by atoms with Crippen LogP contribution in [0.4, 0.5) is 9.59 Å². The van der Waals surface area contributed by atoms with Crippen molar-refractivity contribution < 1.29 is 38.0 Å². The Morgan fingerprint density at radius 2 is 1.53 bits per heavy atom. The van der Waals surface area contributed by atoms with E-state index in [0.29, 0.717) is 5.56 Å². The van der Waals surface area contributed by atoms with Crippen LogP contribution >= 0.6 is 0 Å². The minimum Gasteiger partial charge on any atom is -0.438 e. The lowest BCUT2D eigenvalue weighted by atomic mass is 9.79. The highest BCUT2D eigenvalue weighted by Gasteiger charge is 2.43. The summed E-state index contributed by atoms with van der Waals surface area (Å²) >= 11 is 0. The Balaban J connectivity index is 1.43. The van der Waals surface area contributed by atoms with E-state index in [1.807, 2.05) is 24.3 Å². The van der Waals surface area contributed by atoms with E-state index in [-0.39, 0.29) is 0 Å². The Morgan fingerprint density at radius 1 is 0.917 bits per heavy atom. The molecule has 1 heterocycles. The van der Waals surface area contributed by atoms with Crippen molar-refractivity contribution in [3.63, 3.8) is 0 Å². The number of unbranched alkanes of at least 4 members (excludes halogenated alkanes) is 2. The molecule has 2 fully saturated rings. The first-order valence-corrected chi connectivity index (χ1v) is 13.1. The first kappa shape index (κ1) is 28.0. The fraction of sp³-hybridized carbons (Fsp3) is 0.643. The third kappa shape index (κ3) is 8.82. The van der Waals surface area contributed by atoms with Gasteiger partial charge >= 0.3 is 12.3 Å². The molecule has 0 radical (unpaired) electrons. The topological polar surface area (TPSA) is 89.5 Å². The molecule has 0 bridgehead atoms. The van der Waals surface area contributed by atoms with Crippen LogP contribution in [0.3, 0.4) is 0 Å². The molecule has 0 spiro atoms. The van der Waals surface area contributed by atoms with Gasteiger partial charge in [0.25, 0.3) is 12.6 Å². The molecule has 200 valence electrons. The largest absolute Gasteiger partial charge is 0.510 e. The second-order valence-corrected chi connectivity index (χ2v) is 9.47. The Morgan fingerprint density at radius 3 is 2.08 bits per heavy atom. The first-order chi connectivity index (χ1) is 17.5. The fourth-order valence-electron chi connectivity index (χ4n) is 4.75. The summed E-state index contributed by atoms with van der Waals surface area (Å²) in [6, 6.07) is 7.81. The van der Waals surface area contributed by atoms with Crippen LogP contribution < -0.4 is 0 Å². The molecule has 0 aromatic heterocycles. The van der Waals surface area contributed by atoms with Gasteiger partial charge in [-0.3, -0.25) is 0 Å². The molecule has 0 N–H and O–H groups in total. The summed E-state index contributed by atoms with van der Waals surface area (Å²) in [5.74, 6) is 1.67. The minimum atomic E-state index is -1.28. The maximum Gasteiger partial charge on any atom is 0.510 e. The van der Waals surface area contributed by atoms with Crippen LogP contribution in [0.1, 0.15) is 82.1 Å². The highest BCUT2D eigenvalue weighted by atomic mass is 16.9. The molecule has 2 atom stereocenters. The molecule has 0 unspecified atom stereocenters. The molecule has 1 aliphatic heterocycles. The Bertz CT molecular complexity index is 802. The summed E-state index contributed by atoms with van der Waals surface area (Å²) in [7, 11) is 2.33. The molecule has 1 aliphatic carbocycles. The van der Waals surface area contributed by atoms with Crippen LogP contribution in [0.2, 0.25) is 0 Å². The van der Waals surface area contributed by atoms with Gasteiger partial charge in [-0.25, -0.2) is 9.59 Å². The zero-order chi connectivity index (χ0) is 25.8. The molecular weight excluding hydrogens is 464 g/mol. The number of carbonyl (C=O) groups is 2. The van der Waals surface area contributed by atoms with Crippen molar-refractivity contribution in [3.05, 3.63) is 47.5 Å². The van der Waals surface area contributed by atoms with E-state index in [1.165, 1.54) is 71.1 Å². The van der Waals surface area contributed by atoms with Gasteiger partial charge in [0.15, 0.2) is 6.29 Å². The van der Waals surface area contributed by atoms with E-state index in [0.717, 1.165) is 24.7 Å². The van der Waals surface area contributed by atoms with E-state index in [4.69, 9.17) is 18.9 Å². The molecule has 36 heavy (non-hydrogen) atoms. The maximum absolute atomic E-state index is 11.5. The van der Waals surface area contributed by atoms with Crippen molar-refractivity contribution >= 4 is 12.3 Å². The van der Waals surface area contributed by atoms with Crippen LogP contribution in [0.5, 0.6) is 0 Å². The number of hydrogen-bond acceptors (Lipinski definition) is 8. The molecule has 8 heteroatoms. The molecule has 1 saturated carbocycles. The number of allylic oxidation sites excluding steroid dienone is 2. The lowest BCUT2D eigenvalue weighted by molar-refractivity contribution is -0.156. The molecule has 1 aromatic carbocycles. The van der Waals surface area contributed by atoms with Crippen molar-refractivity contribution in [2.45, 2.75) is 90.0 Å². The van der Waals surface area contributed by atoms with Crippen molar-refractivity contribution in [1.29, 1.82) is 0 Å². The van der Waals surface area contributed by atoms with Gasteiger partial charge in [0.1, 0.15) is 0 Å². The van der Waals surface area contributed by atoms with Crippen LogP contribution in [-0.4, -0.2) is 39.1 Å². The molecule has 1 saturated heterocycles. The Kier molecular flexibility index (Phi) is 11.6. The van der Waals surface area contributed by atoms with Gasteiger partial charge in [-0.05, 0) is 55.9 Å². The van der Waals surface area contributed by atoms with Gasteiger partial charge in [-0.1, -0.05) is 69.0 Å². The monoisotopic (exact) mass is 504 g/mol. The highest BCUT2D eigenvalue weighted by molar-refractivity contribution is 5.61. The van der Waals surface area contributed by atoms with Gasteiger partial charge < -0.3 is 28.4 Å². The minimum absolute atomic E-state index is 0.708. The SMILES string of the molecule is CCCCCC1CCC(/C=C/CCc2ccc(C3O[C@H](OC(=O)OC)[C@@H](OC(=O)OC)O3)cc2)CC1. The first-order valence-electron chi connectivity index (χ1n) is 13.1. The molecule has 0 amide bonds. The highest BCUT2D eigenvalue weighted by Crippen LogP contribution is 2.34. The lowest BCUT2D eigenvalue weighted by Gasteiger charge is -2.26. The van der Waals surface area contributed by atoms with Crippen molar-refractivity contribution in [3.8, 4) is 0 Å². The number of hydrogen-bond donors (Lipinski definition) is 0. The Labute approximate surface area is 214 Å². The smallest absolute Gasteiger partial charge is 0.438 e. The number of benzene rings is 1. The zero-order valence-electron chi connectivity index (χ0n) is 21.7. The van der Waals surface area contributed by atoms with E-state index in [1.54, 1.807) is 0 Å². The molecule has 8 nitrogen and oxygen atoms in total. The average Bonchev–Trinajstić information content (AvgIpc) is 3.29. The van der Waals surface area contributed by atoms with Crippen LogP contribution in [0.25, 0.3) is 0 Å². The standard InChI is InChI=1S/C28H40O8/c1-4-5-6-9-20-12-14-21(15-13-20)10-7-8-11-22-16-18-23(19-17-22)24-33-25(35-27(29)31-2)26(34-24)36-28(30)32-3/h7,10,16-21,24-26H,4-6,8-9,11-15H2,1-3H3/b10-7+/t20?,21?,25-,26-/m1/s1. The summed E-state index contributed by atoms with van der Waals surface area (Å²) < 4.78 is 30.2. The second-order valence-electron chi connectivity index (χ2n) is 9.47. The van der Waals surface area contributed by atoms with E-state index in [2.05, 4.69) is 28.5 Å². The van der Waals surface area contributed by atoms with Gasteiger partial charge in [-0.2, -0.15) is 0 Å². The number of carbonyl (C=O) groups excluding carboxylic acids is 2. The normalized spacial score (nSPS) is 24.5. The number of aryl methyl sites for hydroxylation is 1. The van der Waals surface area contributed by atoms with Crippen molar-refractivity contribution in [1.82, 2.24) is 0 Å². The quantitative estimate of drug-likeness (QED) is 0.184. The second kappa shape index (κ2) is 14.9. The molecule has 1 aromatic rings. The number of ether oxygens (including phenoxy) is 6. The average molecular weight is 505 g/mol. The molecular formula is C28H40O8. The maximum atomic E-state index is 11.5. The summed E-state index contributed by atoms with van der Waals surface area (Å²) in [5.41, 5.74) is 1.91. The Hall–Kier alpha value is -2.58. The number of methoxy groups -OCH3 is 2. The summed E-state index contributed by atoms with van der Waals surface area (Å²) in [4.78, 5) is 23.0. The predicted octanol–water partition coefficient (Wildman–Crippen LogP) is 6.83. The van der Waals surface area contributed by atoms with Gasteiger partial charge in [0, 0.05) is 5.56 Å². The van der Waals surface area contributed by atoms with E-state index < -0.39 is 31.2 Å². The van der Waals surface area contributed by atoms with Crippen molar-refractivity contribution in [2.24, 2.45) is 11.8 Å². The van der Waals surface area contributed by atoms with Crippen LogP contribution in [0, 0.1) is 11.8 Å². The molecule has 3 rings (SSSR count). The van der Waals surface area contributed by atoms with Crippen LogP contribution in [0.15, 0.2) is 36.4 Å². The summed E-state index contributed by atoms with van der Waals surface area (Å²) in [6.07, 6.45) is 12.2. The van der Waals surface area contributed by atoms with E-state index in [9.17, 15) is 9.59 Å². The summed E-state index contributed by atoms with van der Waals surface area (Å²) in [6.45, 7) is 2.27. The van der Waals surface area contributed by atoms with Gasteiger partial charge in [0.2, 0.25) is 0 Å². The third-order valence-electron chi connectivity index (χ3n) is 6.86. The van der Waals surface area contributed by atoms with Crippen LogP contribution in [-0.2, 0) is 34.8 Å². The third-order valence-corrected chi connectivity index (χ3v) is 6.86. The lowest BCUT2D eigenvalue weighted by Crippen LogP contribution is -2.32. The molecule has 2 aliphatic rings. The van der Waals surface area contributed by atoms with Gasteiger partial charge in [-0.15, -0.1) is 0 Å². The van der Waals surface area contributed by atoms with Gasteiger partial charge in [0.05, 0.1) is 14.2 Å². The van der Waals surface area contributed by atoms with Crippen molar-refractivity contribution in [2.75, 3.05) is 14.2 Å². The van der Waals surface area contributed by atoms with E-state index >= 15 is 0 Å². The summed E-state index contributed by atoms with van der Waals surface area (Å²) in [5, 5.41) is 0. The number of rotatable bonds is 11. The fourth-order valence-corrected chi connectivity index (χ4v) is 4.75.